The van der Waals surface area contributed by atoms with E-state index >= 15 is 0 Å². The molecule has 48 heavy (non-hydrogen) atoms. The monoisotopic (exact) mass is 662 g/mol. The number of rotatable bonds is 15. The van der Waals surface area contributed by atoms with Gasteiger partial charge in [0.15, 0.2) is 11.8 Å². The second-order valence-electron chi connectivity index (χ2n) is 13.4. The molecule has 0 bridgehead atoms. The molecule has 1 amide bonds. The lowest BCUT2D eigenvalue weighted by Gasteiger charge is -2.41. The lowest BCUT2D eigenvalue weighted by Crippen LogP contribution is -2.45. The molecule has 0 radical (unpaired) electrons. The maximum absolute atomic E-state index is 13.4. The van der Waals surface area contributed by atoms with Crippen LogP contribution >= 0.6 is 0 Å². The van der Waals surface area contributed by atoms with Crippen LogP contribution in [0.5, 0.6) is 5.75 Å². The van der Waals surface area contributed by atoms with Gasteiger partial charge in [-0.1, -0.05) is 36.9 Å². The summed E-state index contributed by atoms with van der Waals surface area (Å²) in [7, 11) is 1.35. The van der Waals surface area contributed by atoms with Crippen LogP contribution in [0.3, 0.4) is 0 Å². The largest absolute Gasteiger partial charge is 0.489 e. The van der Waals surface area contributed by atoms with Gasteiger partial charge in [-0.15, -0.1) is 6.58 Å². The molecule has 1 aliphatic rings. The summed E-state index contributed by atoms with van der Waals surface area (Å²) in [6.07, 6.45) is 5.11. The number of fused-ring (bicyclic) bond motifs is 1. The van der Waals surface area contributed by atoms with Crippen molar-refractivity contribution in [1.29, 1.82) is 0 Å². The number of aryl methyl sites for hydroxylation is 1. The normalized spacial score (nSPS) is 15.9. The van der Waals surface area contributed by atoms with Crippen molar-refractivity contribution in [2.24, 2.45) is 0 Å². The third-order valence-electron chi connectivity index (χ3n) is 8.33. The Kier molecular flexibility index (Phi) is 12.1. The second kappa shape index (κ2) is 15.8. The highest BCUT2D eigenvalue weighted by molar-refractivity contribution is 5.95. The van der Waals surface area contributed by atoms with Crippen LogP contribution in [0.2, 0.25) is 0 Å². The van der Waals surface area contributed by atoms with Gasteiger partial charge in [-0.05, 0) is 70.7 Å². The molecule has 2 N–H and O–H groups in total. The molecule has 0 saturated carbocycles. The number of hydrogen-bond acceptors (Lipinski definition) is 9. The maximum atomic E-state index is 13.4. The Bertz CT molecular complexity index is 1600. The highest BCUT2D eigenvalue weighted by Gasteiger charge is 2.37. The molecule has 1 aromatic carbocycles. The number of amides is 1. The molecular formula is C37H50N4O7. The fourth-order valence-electron chi connectivity index (χ4n) is 5.90. The highest BCUT2D eigenvalue weighted by Crippen LogP contribution is 2.40. The van der Waals surface area contributed by atoms with Crippen LogP contribution in [-0.2, 0) is 25.4 Å². The molecule has 11 heteroatoms. The number of pyridine rings is 1. The standard InChI is InChI=1S/C37H50N4O7/c1-9-19-46-30-14-12-11-13-26(30)21-27(42)23-38-34(43)28-22-29-32(40-17-15-37(7,16-18-40)47-20-10-2)31(25(3)24-41(29)39-28)33(35(44)45-8)48-36(4,5)6/h9-14,22,24,27,33,42H,1-2,15-21,23H2,3-8H3,(H,38,43)/t27?,33-/m0/s1. The van der Waals surface area contributed by atoms with Gasteiger partial charge in [-0.2, -0.15) is 5.10 Å². The lowest BCUT2D eigenvalue weighted by molar-refractivity contribution is -0.164. The number of methoxy groups -OCH3 is 1. The molecule has 1 unspecified atom stereocenters. The second-order valence-corrected chi connectivity index (χ2v) is 13.4. The van der Waals surface area contributed by atoms with E-state index in [0.717, 1.165) is 29.7 Å². The van der Waals surface area contributed by atoms with E-state index in [2.05, 4.69) is 35.4 Å². The van der Waals surface area contributed by atoms with Crippen LogP contribution in [0, 0.1) is 6.92 Å². The van der Waals surface area contributed by atoms with E-state index in [9.17, 15) is 14.7 Å². The average molecular weight is 663 g/mol. The van der Waals surface area contributed by atoms with Gasteiger partial charge in [0.2, 0.25) is 0 Å². The zero-order valence-electron chi connectivity index (χ0n) is 29.1. The molecular weight excluding hydrogens is 612 g/mol. The number of aliphatic hydroxyl groups excluding tert-OH is 1. The van der Waals surface area contributed by atoms with Gasteiger partial charge in [0.1, 0.15) is 12.4 Å². The number of aromatic nitrogens is 2. The van der Waals surface area contributed by atoms with Gasteiger partial charge in [0.05, 0.1) is 42.2 Å². The molecule has 3 heterocycles. The molecule has 2 aromatic heterocycles. The van der Waals surface area contributed by atoms with Crippen molar-refractivity contribution in [3.05, 3.63) is 84.2 Å². The predicted octanol–water partition coefficient (Wildman–Crippen LogP) is 5.13. The van der Waals surface area contributed by atoms with Crippen molar-refractivity contribution >= 4 is 23.1 Å². The van der Waals surface area contributed by atoms with E-state index in [0.29, 0.717) is 49.6 Å². The molecule has 1 saturated heterocycles. The van der Waals surface area contributed by atoms with Gasteiger partial charge in [0, 0.05) is 37.8 Å². The minimum atomic E-state index is -1.01. The molecule has 260 valence electrons. The Morgan fingerprint density at radius 1 is 1.15 bits per heavy atom. The molecule has 11 nitrogen and oxygen atoms in total. The molecule has 2 atom stereocenters. The van der Waals surface area contributed by atoms with Crippen LogP contribution in [0.1, 0.15) is 73.8 Å². The number of anilines is 1. The van der Waals surface area contributed by atoms with Crippen molar-refractivity contribution in [2.45, 2.75) is 77.3 Å². The van der Waals surface area contributed by atoms with Crippen LogP contribution in [0.15, 0.2) is 61.8 Å². The van der Waals surface area contributed by atoms with Crippen LogP contribution in [0.25, 0.3) is 5.52 Å². The Morgan fingerprint density at radius 2 is 1.83 bits per heavy atom. The van der Waals surface area contributed by atoms with Gasteiger partial charge < -0.3 is 34.3 Å². The number of hydrogen-bond donors (Lipinski definition) is 2. The number of nitrogens with zero attached hydrogens (tertiary/aromatic N) is 3. The zero-order valence-corrected chi connectivity index (χ0v) is 29.1. The number of carbonyl (C=O) groups excluding carboxylic acids is 2. The first-order valence-electron chi connectivity index (χ1n) is 16.4. The lowest BCUT2D eigenvalue weighted by atomic mass is 9.91. The Morgan fingerprint density at radius 3 is 2.48 bits per heavy atom. The summed E-state index contributed by atoms with van der Waals surface area (Å²) in [4.78, 5) is 28.9. The number of carbonyl (C=O) groups is 2. The fraction of sp³-hybridized carbons (Fsp3) is 0.486. The molecule has 1 aliphatic heterocycles. The molecule has 3 aromatic rings. The first-order chi connectivity index (χ1) is 22.8. The summed E-state index contributed by atoms with van der Waals surface area (Å²) < 4.78 is 25.1. The van der Waals surface area contributed by atoms with E-state index in [-0.39, 0.29) is 17.8 Å². The summed E-state index contributed by atoms with van der Waals surface area (Å²) in [5.41, 5.74) is 2.86. The van der Waals surface area contributed by atoms with E-state index in [1.54, 1.807) is 28.9 Å². The number of nitrogens with one attached hydrogen (secondary N) is 1. The quantitative estimate of drug-likeness (QED) is 0.168. The Balaban J connectivity index is 1.66. The average Bonchev–Trinajstić information content (AvgIpc) is 3.48. The number of benzene rings is 1. The summed E-state index contributed by atoms with van der Waals surface area (Å²) >= 11 is 0. The van der Waals surface area contributed by atoms with Crippen molar-refractivity contribution in [2.75, 3.05) is 44.9 Å². The smallest absolute Gasteiger partial charge is 0.339 e. The topological polar surface area (TPSA) is 124 Å². The van der Waals surface area contributed by atoms with Crippen molar-refractivity contribution < 1.29 is 33.6 Å². The first kappa shape index (κ1) is 36.6. The number of para-hydroxylation sites is 1. The Hall–Kier alpha value is -4.19. The van der Waals surface area contributed by atoms with Gasteiger partial charge >= 0.3 is 5.97 Å². The van der Waals surface area contributed by atoms with E-state index in [1.807, 2.05) is 52.0 Å². The molecule has 0 aliphatic carbocycles. The fourth-order valence-corrected chi connectivity index (χ4v) is 5.90. The van der Waals surface area contributed by atoms with Crippen LogP contribution in [-0.4, -0.2) is 83.9 Å². The van der Waals surface area contributed by atoms with Gasteiger partial charge in [-0.25, -0.2) is 9.31 Å². The van der Waals surface area contributed by atoms with Crippen molar-refractivity contribution in [1.82, 2.24) is 14.9 Å². The maximum Gasteiger partial charge on any atom is 0.339 e. The molecule has 0 spiro atoms. The number of piperidine rings is 1. The number of ether oxygens (including phenoxy) is 4. The number of aliphatic hydroxyl groups is 1. The van der Waals surface area contributed by atoms with Crippen LogP contribution < -0.4 is 15.0 Å². The van der Waals surface area contributed by atoms with E-state index < -0.39 is 29.7 Å². The molecule has 4 rings (SSSR count). The third kappa shape index (κ3) is 9.03. The first-order valence-corrected chi connectivity index (χ1v) is 16.4. The summed E-state index contributed by atoms with van der Waals surface area (Å²) in [6, 6.07) is 9.17. The summed E-state index contributed by atoms with van der Waals surface area (Å²) in [5.74, 6) is -0.288. The summed E-state index contributed by atoms with van der Waals surface area (Å²) in [6.45, 7) is 19.2. The van der Waals surface area contributed by atoms with Crippen LogP contribution in [0.4, 0.5) is 5.69 Å². The Labute approximate surface area is 283 Å². The van der Waals surface area contributed by atoms with Gasteiger partial charge in [0.25, 0.3) is 5.91 Å². The highest BCUT2D eigenvalue weighted by atomic mass is 16.6. The third-order valence-corrected chi connectivity index (χ3v) is 8.33. The zero-order chi connectivity index (χ0) is 35.1. The SMILES string of the molecule is C=CCOc1ccccc1CC(O)CNC(=O)c1cc2c(N3CCC(C)(OCC=C)CC3)c([C@H](OC(C)(C)C)C(=O)OC)c(C)cn2n1. The minimum Gasteiger partial charge on any atom is -0.489 e. The molecule has 1 fully saturated rings. The van der Waals surface area contributed by atoms with E-state index in [1.165, 1.54) is 7.11 Å². The summed E-state index contributed by atoms with van der Waals surface area (Å²) in [5, 5.41) is 18.3. The minimum absolute atomic E-state index is 0.0128. The van der Waals surface area contributed by atoms with Gasteiger partial charge in [-0.3, -0.25) is 4.79 Å². The van der Waals surface area contributed by atoms with E-state index in [4.69, 9.17) is 18.9 Å². The number of esters is 1. The van der Waals surface area contributed by atoms with Crippen molar-refractivity contribution in [3.63, 3.8) is 0 Å². The van der Waals surface area contributed by atoms with Crippen molar-refractivity contribution in [3.8, 4) is 5.75 Å². The predicted molar refractivity (Wildman–Crippen MR) is 186 cm³/mol.